The average Bonchev–Trinajstić information content (AvgIpc) is 2.60. The highest BCUT2D eigenvalue weighted by molar-refractivity contribution is 6.31. The summed E-state index contributed by atoms with van der Waals surface area (Å²) in [6, 6.07) is 3.27. The lowest BCUT2D eigenvalue weighted by molar-refractivity contribution is 0.385. The largest absolute Gasteiger partial charge is 0.494 e. The van der Waals surface area contributed by atoms with E-state index in [2.05, 4.69) is 16.6 Å². The van der Waals surface area contributed by atoms with Crippen molar-refractivity contribution in [3.8, 4) is 5.88 Å². The molecular weight excluding hydrogens is 344 g/mol. The van der Waals surface area contributed by atoms with Gasteiger partial charge in [-0.15, -0.1) is 6.58 Å². The SMILES string of the molecule is C=CCn1c(=O)c(C=Nc2cccnc2Cl)c(O)n(CCCC)c1=O. The van der Waals surface area contributed by atoms with Gasteiger partial charge in [-0.1, -0.05) is 31.0 Å². The smallest absolute Gasteiger partial charge is 0.334 e. The van der Waals surface area contributed by atoms with Crippen LogP contribution in [-0.4, -0.2) is 25.4 Å². The fourth-order valence-electron chi connectivity index (χ4n) is 2.24. The molecular formula is C17H19ClN4O3. The van der Waals surface area contributed by atoms with Crippen molar-refractivity contribution >= 4 is 23.5 Å². The van der Waals surface area contributed by atoms with Crippen molar-refractivity contribution in [3.05, 3.63) is 62.5 Å². The summed E-state index contributed by atoms with van der Waals surface area (Å²) in [6.07, 6.45) is 5.68. The number of unbranched alkanes of at least 4 members (excludes halogenated alkanes) is 1. The van der Waals surface area contributed by atoms with E-state index in [1.165, 1.54) is 23.1 Å². The summed E-state index contributed by atoms with van der Waals surface area (Å²) in [5.74, 6) is -0.410. The van der Waals surface area contributed by atoms with Crippen LogP contribution in [0.15, 0.2) is 45.6 Å². The molecule has 7 nitrogen and oxygen atoms in total. The highest BCUT2D eigenvalue weighted by Crippen LogP contribution is 2.21. The van der Waals surface area contributed by atoms with Gasteiger partial charge in [-0.3, -0.25) is 18.9 Å². The molecule has 0 atom stereocenters. The molecule has 8 heteroatoms. The number of rotatable bonds is 7. The van der Waals surface area contributed by atoms with Gasteiger partial charge < -0.3 is 5.11 Å². The van der Waals surface area contributed by atoms with E-state index in [0.29, 0.717) is 18.7 Å². The van der Waals surface area contributed by atoms with E-state index >= 15 is 0 Å². The molecule has 2 rings (SSSR count). The molecule has 0 aliphatic heterocycles. The van der Waals surface area contributed by atoms with E-state index in [4.69, 9.17) is 11.6 Å². The van der Waals surface area contributed by atoms with Crippen LogP contribution < -0.4 is 11.2 Å². The second-order valence-electron chi connectivity index (χ2n) is 5.30. The molecule has 2 aromatic rings. The van der Waals surface area contributed by atoms with Gasteiger partial charge in [0, 0.05) is 25.5 Å². The molecule has 0 aromatic carbocycles. The van der Waals surface area contributed by atoms with Crippen molar-refractivity contribution in [2.75, 3.05) is 0 Å². The van der Waals surface area contributed by atoms with Gasteiger partial charge in [0.2, 0.25) is 5.88 Å². The van der Waals surface area contributed by atoms with Crippen molar-refractivity contribution < 1.29 is 5.11 Å². The Labute approximate surface area is 149 Å². The van der Waals surface area contributed by atoms with Gasteiger partial charge in [0.1, 0.15) is 11.3 Å². The zero-order chi connectivity index (χ0) is 18.4. The van der Waals surface area contributed by atoms with Gasteiger partial charge in [-0.25, -0.2) is 9.78 Å². The first-order valence-corrected chi connectivity index (χ1v) is 8.21. The van der Waals surface area contributed by atoms with Crippen molar-refractivity contribution in [2.45, 2.75) is 32.9 Å². The number of hydrogen-bond acceptors (Lipinski definition) is 5. The van der Waals surface area contributed by atoms with Gasteiger partial charge in [0.25, 0.3) is 5.56 Å². The Kier molecular flexibility index (Phi) is 6.30. The third-order valence-electron chi connectivity index (χ3n) is 3.55. The number of aromatic hydroxyl groups is 1. The Morgan fingerprint density at radius 3 is 2.80 bits per heavy atom. The second kappa shape index (κ2) is 8.43. The van der Waals surface area contributed by atoms with Gasteiger partial charge >= 0.3 is 5.69 Å². The van der Waals surface area contributed by atoms with Crippen molar-refractivity contribution in [1.82, 2.24) is 14.1 Å². The second-order valence-corrected chi connectivity index (χ2v) is 5.66. The Morgan fingerprint density at radius 2 is 2.16 bits per heavy atom. The molecule has 0 radical (unpaired) electrons. The van der Waals surface area contributed by atoms with E-state index in [-0.39, 0.29) is 17.3 Å². The van der Waals surface area contributed by atoms with Crippen molar-refractivity contribution in [1.29, 1.82) is 0 Å². The summed E-state index contributed by atoms with van der Waals surface area (Å²) in [5.41, 5.74) is -0.951. The molecule has 0 aliphatic rings. The monoisotopic (exact) mass is 362 g/mol. The summed E-state index contributed by atoms with van der Waals surface area (Å²) in [7, 11) is 0. The Hall–Kier alpha value is -2.67. The molecule has 0 spiro atoms. The number of nitrogens with zero attached hydrogens (tertiary/aromatic N) is 4. The maximum Gasteiger partial charge on any atom is 0.334 e. The molecule has 25 heavy (non-hydrogen) atoms. The average molecular weight is 363 g/mol. The Bertz CT molecular complexity index is 915. The number of allylic oxidation sites excluding steroid dienone is 1. The van der Waals surface area contributed by atoms with Crippen LogP contribution in [0.2, 0.25) is 5.15 Å². The molecule has 0 bridgehead atoms. The standard InChI is InChI=1S/C17H19ClN4O3/c1-3-5-10-22-16(24)12(15(23)21(9-4-2)17(22)25)11-20-13-7-6-8-19-14(13)18/h4,6-8,11,24H,2-3,5,9-10H2,1H3. The lowest BCUT2D eigenvalue weighted by atomic mass is 10.3. The Balaban J connectivity index is 2.61. The molecule has 0 saturated heterocycles. The molecule has 1 N–H and O–H groups in total. The number of halogens is 1. The van der Waals surface area contributed by atoms with Crippen LogP contribution in [0.4, 0.5) is 5.69 Å². The molecule has 0 fully saturated rings. The van der Waals surface area contributed by atoms with E-state index in [9.17, 15) is 14.7 Å². The molecule has 2 aromatic heterocycles. The highest BCUT2D eigenvalue weighted by atomic mass is 35.5. The number of aliphatic imine (C=N–C) groups is 1. The molecule has 0 saturated carbocycles. The van der Waals surface area contributed by atoms with Crippen LogP contribution in [0.1, 0.15) is 25.3 Å². The van der Waals surface area contributed by atoms with Gasteiger partial charge in [-0.2, -0.15) is 0 Å². The maximum atomic E-state index is 12.5. The first-order chi connectivity index (χ1) is 12.0. The number of aromatic nitrogens is 3. The van der Waals surface area contributed by atoms with Gasteiger partial charge in [-0.05, 0) is 18.6 Å². The van der Waals surface area contributed by atoms with E-state index in [1.54, 1.807) is 12.1 Å². The summed E-state index contributed by atoms with van der Waals surface area (Å²) in [6.45, 7) is 5.86. The molecule has 0 amide bonds. The topological polar surface area (TPSA) is 89.5 Å². The number of hydrogen-bond donors (Lipinski definition) is 1. The predicted molar refractivity (Wildman–Crippen MR) is 98.2 cm³/mol. The maximum absolute atomic E-state index is 12.5. The highest BCUT2D eigenvalue weighted by Gasteiger charge is 2.16. The predicted octanol–water partition coefficient (Wildman–Crippen LogP) is 2.50. The first-order valence-electron chi connectivity index (χ1n) is 7.83. The minimum atomic E-state index is -0.640. The van der Waals surface area contributed by atoms with Crippen LogP contribution in [0.25, 0.3) is 0 Å². The number of pyridine rings is 1. The summed E-state index contributed by atoms with van der Waals surface area (Å²) >= 11 is 5.94. The lowest BCUT2D eigenvalue weighted by Crippen LogP contribution is -2.41. The third-order valence-corrected chi connectivity index (χ3v) is 3.84. The zero-order valence-corrected chi connectivity index (χ0v) is 14.6. The van der Waals surface area contributed by atoms with Crippen LogP contribution >= 0.6 is 11.6 Å². The van der Waals surface area contributed by atoms with Crippen molar-refractivity contribution in [3.63, 3.8) is 0 Å². The zero-order valence-electron chi connectivity index (χ0n) is 13.9. The summed E-state index contributed by atoms with van der Waals surface area (Å²) in [4.78, 5) is 33.0. The summed E-state index contributed by atoms with van der Waals surface area (Å²) < 4.78 is 2.18. The normalized spacial score (nSPS) is 11.1. The van der Waals surface area contributed by atoms with Gasteiger partial charge in [0.15, 0.2) is 5.15 Å². The molecule has 132 valence electrons. The van der Waals surface area contributed by atoms with Crippen LogP contribution in [0.3, 0.4) is 0 Å². The minimum Gasteiger partial charge on any atom is -0.494 e. The minimum absolute atomic E-state index is 0.0402. The lowest BCUT2D eigenvalue weighted by Gasteiger charge is -2.13. The van der Waals surface area contributed by atoms with E-state index in [0.717, 1.165) is 11.0 Å². The van der Waals surface area contributed by atoms with Crippen LogP contribution in [0, 0.1) is 0 Å². The quantitative estimate of drug-likeness (QED) is 0.465. The molecule has 0 aliphatic carbocycles. The molecule has 2 heterocycles. The van der Waals surface area contributed by atoms with Gasteiger partial charge in [0.05, 0.1) is 0 Å². The third kappa shape index (κ3) is 4.06. The fourth-order valence-corrected chi connectivity index (χ4v) is 2.41. The fraction of sp³-hybridized carbons (Fsp3) is 0.294. The Morgan fingerprint density at radius 1 is 1.40 bits per heavy atom. The van der Waals surface area contributed by atoms with Crippen LogP contribution in [0.5, 0.6) is 5.88 Å². The summed E-state index contributed by atoms with van der Waals surface area (Å²) in [5, 5.41) is 10.6. The van der Waals surface area contributed by atoms with E-state index in [1.807, 2.05) is 6.92 Å². The van der Waals surface area contributed by atoms with Crippen molar-refractivity contribution in [2.24, 2.45) is 4.99 Å². The van der Waals surface area contributed by atoms with Crippen LogP contribution in [-0.2, 0) is 13.1 Å². The first kappa shape index (κ1) is 18.7. The molecule has 0 unspecified atom stereocenters. The van der Waals surface area contributed by atoms with E-state index < -0.39 is 17.1 Å².